The predicted molar refractivity (Wildman–Crippen MR) is 103 cm³/mol. The Morgan fingerprint density at radius 2 is 2.15 bits per heavy atom. The van der Waals surface area contributed by atoms with Gasteiger partial charge in [-0.15, -0.1) is 0 Å². The minimum Gasteiger partial charge on any atom is -0.492 e. The third kappa shape index (κ3) is 4.35. The molecule has 2 aliphatic heterocycles. The van der Waals surface area contributed by atoms with Gasteiger partial charge in [-0.2, -0.15) is 0 Å². The van der Waals surface area contributed by atoms with Crippen molar-refractivity contribution in [1.82, 2.24) is 9.80 Å². The van der Waals surface area contributed by atoms with E-state index in [9.17, 15) is 9.59 Å². The molecule has 7 nitrogen and oxygen atoms in total. The third-order valence-corrected chi connectivity index (χ3v) is 5.01. The molecule has 3 rings (SSSR count). The van der Waals surface area contributed by atoms with E-state index in [-0.39, 0.29) is 30.5 Å². The molecule has 2 atom stereocenters. The van der Waals surface area contributed by atoms with E-state index >= 15 is 0 Å². The summed E-state index contributed by atoms with van der Waals surface area (Å²) in [5, 5.41) is 2.94. The van der Waals surface area contributed by atoms with Crippen molar-refractivity contribution in [2.75, 3.05) is 39.1 Å². The van der Waals surface area contributed by atoms with E-state index in [0.29, 0.717) is 18.0 Å². The second kappa shape index (κ2) is 8.17. The van der Waals surface area contributed by atoms with Crippen LogP contribution in [-0.4, -0.2) is 67.6 Å². The number of hydrogen-bond donors (Lipinski definition) is 1. The number of rotatable bonds is 6. The number of fused-ring (bicyclic) bond motifs is 1. The lowest BCUT2D eigenvalue weighted by atomic mass is 10.1. The van der Waals surface area contributed by atoms with Crippen molar-refractivity contribution in [3.05, 3.63) is 17.7 Å². The number of ether oxygens (including phenoxy) is 2. The first kappa shape index (κ1) is 19.5. The average Bonchev–Trinajstić information content (AvgIpc) is 3.19. The number of anilines is 1. The van der Waals surface area contributed by atoms with Crippen LogP contribution in [0.15, 0.2) is 12.1 Å². The van der Waals surface area contributed by atoms with Crippen LogP contribution in [0.5, 0.6) is 11.5 Å². The molecular weight excluding hydrogens is 346 g/mol. The van der Waals surface area contributed by atoms with Crippen LogP contribution in [-0.2, 0) is 16.0 Å². The topological polar surface area (TPSA) is 71.1 Å². The van der Waals surface area contributed by atoms with Crippen LogP contribution >= 0.6 is 0 Å². The Hall–Kier alpha value is -2.28. The number of likely N-dealkylation sites (N-methyl/N-ethyl adjacent to an activating group) is 1. The van der Waals surface area contributed by atoms with Gasteiger partial charge in [0.2, 0.25) is 11.8 Å². The molecule has 0 spiro atoms. The Labute approximate surface area is 160 Å². The zero-order valence-corrected chi connectivity index (χ0v) is 16.6. The SMILES string of the molecule is CCOc1cc2c(cc1NC(=O)CN1CCCC1C(=O)N(C)C)OC(C)C2. The van der Waals surface area contributed by atoms with E-state index < -0.39 is 0 Å². The number of amides is 2. The molecule has 0 bridgehead atoms. The fraction of sp³-hybridized carbons (Fsp3) is 0.600. The molecule has 27 heavy (non-hydrogen) atoms. The highest BCUT2D eigenvalue weighted by Crippen LogP contribution is 2.38. The van der Waals surface area contributed by atoms with E-state index in [2.05, 4.69) is 5.32 Å². The normalized spacial score (nSPS) is 21.5. The lowest BCUT2D eigenvalue weighted by Gasteiger charge is -2.25. The Morgan fingerprint density at radius 1 is 1.37 bits per heavy atom. The zero-order chi connectivity index (χ0) is 19.6. The summed E-state index contributed by atoms with van der Waals surface area (Å²) >= 11 is 0. The highest BCUT2D eigenvalue weighted by atomic mass is 16.5. The molecule has 2 amide bonds. The van der Waals surface area contributed by atoms with Crippen molar-refractivity contribution in [2.24, 2.45) is 0 Å². The first-order chi connectivity index (χ1) is 12.9. The zero-order valence-electron chi connectivity index (χ0n) is 16.6. The van der Waals surface area contributed by atoms with E-state index in [4.69, 9.17) is 9.47 Å². The summed E-state index contributed by atoms with van der Waals surface area (Å²) < 4.78 is 11.5. The molecule has 2 unspecified atom stereocenters. The van der Waals surface area contributed by atoms with Gasteiger partial charge in [0, 0.05) is 32.1 Å². The lowest BCUT2D eigenvalue weighted by Crippen LogP contribution is -2.45. The lowest BCUT2D eigenvalue weighted by molar-refractivity contribution is -0.133. The second-order valence-corrected chi connectivity index (χ2v) is 7.43. The highest BCUT2D eigenvalue weighted by Gasteiger charge is 2.33. The third-order valence-electron chi connectivity index (χ3n) is 5.01. The number of hydrogen-bond acceptors (Lipinski definition) is 5. The molecule has 0 saturated carbocycles. The standard InChI is InChI=1S/C20H29N3O4/c1-5-26-18-10-14-9-13(2)27-17(14)11-15(18)21-19(24)12-23-8-6-7-16(23)20(25)22(3)4/h10-11,13,16H,5-9,12H2,1-4H3,(H,21,24). The van der Waals surface area contributed by atoms with Crippen LogP contribution in [0.3, 0.4) is 0 Å². The second-order valence-electron chi connectivity index (χ2n) is 7.43. The number of nitrogens with zero attached hydrogens (tertiary/aromatic N) is 2. The fourth-order valence-electron chi connectivity index (χ4n) is 3.78. The van der Waals surface area contributed by atoms with Crippen molar-refractivity contribution in [2.45, 2.75) is 45.3 Å². The van der Waals surface area contributed by atoms with Crippen molar-refractivity contribution in [3.63, 3.8) is 0 Å². The number of likely N-dealkylation sites (tertiary alicyclic amines) is 1. The Balaban J connectivity index is 1.70. The quantitative estimate of drug-likeness (QED) is 0.822. The van der Waals surface area contributed by atoms with Gasteiger partial charge in [0.1, 0.15) is 17.6 Å². The predicted octanol–water partition coefficient (Wildman–Crippen LogP) is 1.90. The fourth-order valence-corrected chi connectivity index (χ4v) is 3.78. The minimum absolute atomic E-state index is 0.0511. The summed E-state index contributed by atoms with van der Waals surface area (Å²) in [6.07, 6.45) is 2.68. The maximum absolute atomic E-state index is 12.7. The molecule has 1 fully saturated rings. The van der Waals surface area contributed by atoms with E-state index in [1.54, 1.807) is 19.0 Å². The highest BCUT2D eigenvalue weighted by molar-refractivity contribution is 5.94. The van der Waals surface area contributed by atoms with Crippen LogP contribution in [0.1, 0.15) is 32.3 Å². The summed E-state index contributed by atoms with van der Waals surface area (Å²) in [6.45, 7) is 5.39. The van der Waals surface area contributed by atoms with Crippen LogP contribution < -0.4 is 14.8 Å². The smallest absolute Gasteiger partial charge is 0.239 e. The van der Waals surface area contributed by atoms with E-state index in [1.165, 1.54) is 0 Å². The maximum atomic E-state index is 12.7. The summed E-state index contributed by atoms with van der Waals surface area (Å²) in [4.78, 5) is 28.5. The van der Waals surface area contributed by atoms with Crippen LogP contribution in [0, 0.1) is 0 Å². The molecule has 1 aromatic carbocycles. The van der Waals surface area contributed by atoms with Gasteiger partial charge in [0.15, 0.2) is 0 Å². The van der Waals surface area contributed by atoms with E-state index in [0.717, 1.165) is 37.1 Å². The molecule has 2 aliphatic rings. The Morgan fingerprint density at radius 3 is 2.85 bits per heavy atom. The maximum Gasteiger partial charge on any atom is 0.239 e. The van der Waals surface area contributed by atoms with Gasteiger partial charge in [0.05, 0.1) is 24.9 Å². The minimum atomic E-state index is -0.221. The van der Waals surface area contributed by atoms with E-state index in [1.807, 2.05) is 30.9 Å². The van der Waals surface area contributed by atoms with Crippen molar-refractivity contribution >= 4 is 17.5 Å². The van der Waals surface area contributed by atoms with Gasteiger partial charge in [-0.3, -0.25) is 14.5 Å². The monoisotopic (exact) mass is 375 g/mol. The van der Waals surface area contributed by atoms with Gasteiger partial charge in [-0.25, -0.2) is 0 Å². The summed E-state index contributed by atoms with van der Waals surface area (Å²) in [5.74, 6) is 1.35. The molecule has 0 aliphatic carbocycles. The molecule has 148 valence electrons. The van der Waals surface area contributed by atoms with Crippen molar-refractivity contribution in [3.8, 4) is 11.5 Å². The van der Waals surface area contributed by atoms with Gasteiger partial charge >= 0.3 is 0 Å². The first-order valence-corrected chi connectivity index (χ1v) is 9.60. The number of carbonyl (C=O) groups is 2. The molecule has 2 heterocycles. The molecule has 1 N–H and O–H groups in total. The molecule has 0 aromatic heterocycles. The average molecular weight is 375 g/mol. The van der Waals surface area contributed by atoms with Crippen LogP contribution in [0.25, 0.3) is 0 Å². The van der Waals surface area contributed by atoms with Crippen molar-refractivity contribution in [1.29, 1.82) is 0 Å². The first-order valence-electron chi connectivity index (χ1n) is 9.60. The van der Waals surface area contributed by atoms with Gasteiger partial charge in [-0.05, 0) is 39.3 Å². The van der Waals surface area contributed by atoms with Gasteiger partial charge in [-0.1, -0.05) is 0 Å². The number of carbonyl (C=O) groups excluding carboxylic acids is 2. The van der Waals surface area contributed by atoms with Gasteiger partial charge in [0.25, 0.3) is 0 Å². The number of nitrogens with one attached hydrogen (secondary N) is 1. The number of benzene rings is 1. The molecule has 0 radical (unpaired) electrons. The Kier molecular flexibility index (Phi) is 5.89. The van der Waals surface area contributed by atoms with Crippen LogP contribution in [0.4, 0.5) is 5.69 Å². The molecule has 7 heteroatoms. The van der Waals surface area contributed by atoms with Crippen molar-refractivity contribution < 1.29 is 19.1 Å². The summed E-state index contributed by atoms with van der Waals surface area (Å²) in [6, 6.07) is 3.57. The summed E-state index contributed by atoms with van der Waals surface area (Å²) in [7, 11) is 3.50. The Bertz CT molecular complexity index is 719. The molecule has 1 aromatic rings. The summed E-state index contributed by atoms with van der Waals surface area (Å²) in [5.41, 5.74) is 1.71. The van der Waals surface area contributed by atoms with Gasteiger partial charge < -0.3 is 19.7 Å². The molecule has 1 saturated heterocycles. The largest absolute Gasteiger partial charge is 0.492 e. The van der Waals surface area contributed by atoms with Crippen LogP contribution in [0.2, 0.25) is 0 Å². The molecular formula is C20H29N3O4.